The molecular formula is C16H23ClN2O2. The van der Waals surface area contributed by atoms with Crippen molar-refractivity contribution < 1.29 is 9.47 Å². The first-order chi connectivity index (χ1) is 9.88. The minimum Gasteiger partial charge on any atom is -0.486 e. The molecule has 2 unspecified atom stereocenters. The number of fused-ring (bicyclic) bond motifs is 2. The van der Waals surface area contributed by atoms with E-state index in [1.54, 1.807) is 0 Å². The third-order valence-corrected chi connectivity index (χ3v) is 4.75. The average Bonchev–Trinajstić information content (AvgIpc) is 2.95. The molecule has 3 aliphatic rings. The Kier molecular flexibility index (Phi) is 4.57. The molecule has 5 heteroatoms. The lowest BCUT2D eigenvalue weighted by Gasteiger charge is -2.35. The van der Waals surface area contributed by atoms with Gasteiger partial charge in [-0.05, 0) is 49.5 Å². The molecule has 0 radical (unpaired) electrons. The lowest BCUT2D eigenvalue weighted by molar-refractivity contribution is 0.154. The van der Waals surface area contributed by atoms with Crippen molar-refractivity contribution in [3.63, 3.8) is 0 Å². The van der Waals surface area contributed by atoms with Gasteiger partial charge in [0.2, 0.25) is 0 Å². The molecule has 116 valence electrons. The van der Waals surface area contributed by atoms with Gasteiger partial charge in [-0.1, -0.05) is 6.07 Å². The second-order valence-corrected chi connectivity index (χ2v) is 6.11. The summed E-state index contributed by atoms with van der Waals surface area (Å²) in [4.78, 5) is 2.58. The summed E-state index contributed by atoms with van der Waals surface area (Å²) in [5.74, 6) is 2.64. The van der Waals surface area contributed by atoms with Crippen molar-refractivity contribution in [1.29, 1.82) is 0 Å². The molecule has 4 nitrogen and oxygen atoms in total. The largest absolute Gasteiger partial charge is 0.486 e. The molecule has 3 heterocycles. The summed E-state index contributed by atoms with van der Waals surface area (Å²) in [6.07, 6.45) is 2.62. The summed E-state index contributed by atoms with van der Waals surface area (Å²) in [6.45, 7) is 5.98. The van der Waals surface area contributed by atoms with Crippen molar-refractivity contribution in [2.45, 2.75) is 25.4 Å². The van der Waals surface area contributed by atoms with E-state index in [9.17, 15) is 0 Å². The van der Waals surface area contributed by atoms with Crippen LogP contribution in [0.25, 0.3) is 0 Å². The second kappa shape index (κ2) is 6.42. The van der Waals surface area contributed by atoms with E-state index in [1.807, 2.05) is 6.07 Å². The molecular weight excluding hydrogens is 288 g/mol. The quantitative estimate of drug-likeness (QED) is 0.906. The van der Waals surface area contributed by atoms with Gasteiger partial charge in [0, 0.05) is 19.1 Å². The summed E-state index contributed by atoms with van der Waals surface area (Å²) >= 11 is 0. The van der Waals surface area contributed by atoms with E-state index < -0.39 is 0 Å². The van der Waals surface area contributed by atoms with E-state index in [4.69, 9.17) is 9.47 Å². The van der Waals surface area contributed by atoms with Crippen LogP contribution in [-0.2, 0) is 6.54 Å². The van der Waals surface area contributed by atoms with Gasteiger partial charge in [-0.3, -0.25) is 4.90 Å². The van der Waals surface area contributed by atoms with Crippen LogP contribution >= 0.6 is 12.4 Å². The highest BCUT2D eigenvalue weighted by molar-refractivity contribution is 5.85. The molecule has 1 aromatic rings. The maximum Gasteiger partial charge on any atom is 0.161 e. The summed E-state index contributed by atoms with van der Waals surface area (Å²) in [5.41, 5.74) is 1.33. The number of nitrogens with one attached hydrogen (secondary N) is 1. The molecule has 2 saturated heterocycles. The second-order valence-electron chi connectivity index (χ2n) is 6.11. The maximum atomic E-state index is 5.67. The number of piperidine rings is 1. The number of rotatable bonds is 2. The third kappa shape index (κ3) is 3.12. The van der Waals surface area contributed by atoms with Gasteiger partial charge in [0.25, 0.3) is 0 Å². The number of nitrogens with zero attached hydrogens (tertiary/aromatic N) is 1. The molecule has 4 rings (SSSR count). The minimum absolute atomic E-state index is 0. The van der Waals surface area contributed by atoms with Gasteiger partial charge in [0.05, 0.1) is 0 Å². The molecule has 21 heavy (non-hydrogen) atoms. The fourth-order valence-electron chi connectivity index (χ4n) is 3.71. The van der Waals surface area contributed by atoms with Gasteiger partial charge in [0.15, 0.2) is 11.5 Å². The van der Waals surface area contributed by atoms with Crippen molar-refractivity contribution in [2.75, 3.05) is 32.8 Å². The SMILES string of the molecule is Cl.c1cc2c(cc1CN1CCC3NCCC3C1)OCCO2. The number of benzene rings is 1. The van der Waals surface area contributed by atoms with Crippen LogP contribution in [0.2, 0.25) is 0 Å². The smallest absolute Gasteiger partial charge is 0.161 e. The molecule has 0 spiro atoms. The fourth-order valence-corrected chi connectivity index (χ4v) is 3.71. The van der Waals surface area contributed by atoms with E-state index in [-0.39, 0.29) is 12.4 Å². The standard InChI is InChI=1S/C16H22N2O2.ClH/c1-2-15-16(20-8-7-19-15)9-12(1)10-18-6-4-14-13(11-18)3-5-17-14;/h1-2,9,13-14,17H,3-8,10-11H2;1H. The van der Waals surface area contributed by atoms with Gasteiger partial charge in [0.1, 0.15) is 13.2 Å². The van der Waals surface area contributed by atoms with Crippen molar-refractivity contribution in [2.24, 2.45) is 5.92 Å². The Bertz CT molecular complexity index is 497. The summed E-state index contributed by atoms with van der Waals surface area (Å²) in [6, 6.07) is 7.14. The topological polar surface area (TPSA) is 33.7 Å². The van der Waals surface area contributed by atoms with Gasteiger partial charge in [-0.15, -0.1) is 12.4 Å². The van der Waals surface area contributed by atoms with E-state index in [0.717, 1.165) is 30.0 Å². The third-order valence-electron chi connectivity index (χ3n) is 4.75. The Balaban J connectivity index is 0.00000132. The highest BCUT2D eigenvalue weighted by Gasteiger charge is 2.32. The molecule has 0 aliphatic carbocycles. The Morgan fingerprint density at radius 1 is 1.14 bits per heavy atom. The Morgan fingerprint density at radius 3 is 2.90 bits per heavy atom. The van der Waals surface area contributed by atoms with Crippen molar-refractivity contribution in [1.82, 2.24) is 10.2 Å². The van der Waals surface area contributed by atoms with E-state index in [1.165, 1.54) is 38.0 Å². The zero-order valence-corrected chi connectivity index (χ0v) is 13.0. The highest BCUT2D eigenvalue weighted by Crippen LogP contribution is 2.32. The fraction of sp³-hybridized carbons (Fsp3) is 0.625. The Morgan fingerprint density at radius 2 is 2.00 bits per heavy atom. The minimum atomic E-state index is 0. The van der Waals surface area contributed by atoms with Gasteiger partial charge >= 0.3 is 0 Å². The van der Waals surface area contributed by atoms with Crippen LogP contribution in [0, 0.1) is 5.92 Å². The van der Waals surface area contributed by atoms with Gasteiger partial charge < -0.3 is 14.8 Å². The molecule has 1 aromatic carbocycles. The predicted octanol–water partition coefficient (Wildman–Crippen LogP) is 2.06. The van der Waals surface area contributed by atoms with Crippen LogP contribution in [0.3, 0.4) is 0 Å². The van der Waals surface area contributed by atoms with E-state index in [2.05, 4.69) is 22.3 Å². The summed E-state index contributed by atoms with van der Waals surface area (Å²) in [7, 11) is 0. The van der Waals surface area contributed by atoms with E-state index in [0.29, 0.717) is 13.2 Å². The van der Waals surface area contributed by atoms with Gasteiger partial charge in [-0.25, -0.2) is 0 Å². The van der Waals surface area contributed by atoms with Crippen LogP contribution in [0.4, 0.5) is 0 Å². The van der Waals surface area contributed by atoms with Crippen LogP contribution < -0.4 is 14.8 Å². The lowest BCUT2D eigenvalue weighted by Crippen LogP contribution is -2.43. The average molecular weight is 311 g/mol. The van der Waals surface area contributed by atoms with Crippen molar-refractivity contribution in [3.05, 3.63) is 23.8 Å². The summed E-state index contributed by atoms with van der Waals surface area (Å²) in [5, 5.41) is 3.62. The lowest BCUT2D eigenvalue weighted by atomic mass is 9.93. The van der Waals surface area contributed by atoms with Crippen LogP contribution in [0.5, 0.6) is 11.5 Å². The van der Waals surface area contributed by atoms with Crippen molar-refractivity contribution in [3.8, 4) is 11.5 Å². The highest BCUT2D eigenvalue weighted by atomic mass is 35.5. The first-order valence-electron chi connectivity index (χ1n) is 7.73. The monoisotopic (exact) mass is 310 g/mol. The first kappa shape index (κ1) is 14.9. The molecule has 0 bridgehead atoms. The summed E-state index contributed by atoms with van der Waals surface area (Å²) < 4.78 is 11.2. The number of hydrogen-bond acceptors (Lipinski definition) is 4. The molecule has 0 aromatic heterocycles. The van der Waals surface area contributed by atoms with Crippen molar-refractivity contribution >= 4 is 12.4 Å². The molecule has 2 atom stereocenters. The Labute approximate surface area is 132 Å². The van der Waals surface area contributed by atoms with Crippen LogP contribution in [0.15, 0.2) is 18.2 Å². The number of hydrogen-bond donors (Lipinski definition) is 1. The molecule has 1 N–H and O–H groups in total. The maximum absolute atomic E-state index is 5.67. The zero-order chi connectivity index (χ0) is 13.4. The first-order valence-corrected chi connectivity index (χ1v) is 7.73. The predicted molar refractivity (Wildman–Crippen MR) is 84.5 cm³/mol. The molecule has 0 amide bonds. The van der Waals surface area contributed by atoms with E-state index >= 15 is 0 Å². The van der Waals surface area contributed by atoms with Crippen LogP contribution in [-0.4, -0.2) is 43.8 Å². The Hall–Kier alpha value is -0.970. The molecule has 3 aliphatic heterocycles. The zero-order valence-electron chi connectivity index (χ0n) is 12.2. The molecule has 2 fully saturated rings. The number of likely N-dealkylation sites (tertiary alicyclic amines) is 1. The normalized spacial score (nSPS) is 27.8. The number of halogens is 1. The number of ether oxygens (including phenoxy) is 2. The van der Waals surface area contributed by atoms with Crippen LogP contribution in [0.1, 0.15) is 18.4 Å². The van der Waals surface area contributed by atoms with Gasteiger partial charge in [-0.2, -0.15) is 0 Å². The molecule has 0 saturated carbocycles.